The molecule has 1 aromatic carbocycles. The monoisotopic (exact) mass is 388 g/mol. The predicted octanol–water partition coefficient (Wildman–Crippen LogP) is 2.45. The average molecular weight is 388 g/mol. The van der Waals surface area contributed by atoms with Gasteiger partial charge < -0.3 is 0 Å². The lowest BCUT2D eigenvalue weighted by Crippen LogP contribution is -2.29. The number of anilines is 2. The van der Waals surface area contributed by atoms with Crippen molar-refractivity contribution in [3.63, 3.8) is 0 Å². The van der Waals surface area contributed by atoms with Crippen molar-refractivity contribution < 1.29 is 9.59 Å². The van der Waals surface area contributed by atoms with Crippen molar-refractivity contribution in [1.82, 2.24) is 20.4 Å². The number of hydrogen-bond acceptors (Lipinski definition) is 8. The van der Waals surface area contributed by atoms with Gasteiger partial charge in [0.1, 0.15) is 10.0 Å². The molecule has 0 bridgehead atoms. The summed E-state index contributed by atoms with van der Waals surface area (Å²) in [5.74, 6) is -1.63. The van der Waals surface area contributed by atoms with Gasteiger partial charge in [-0.3, -0.25) is 20.2 Å². The van der Waals surface area contributed by atoms with E-state index < -0.39 is 11.8 Å². The van der Waals surface area contributed by atoms with E-state index in [0.29, 0.717) is 10.1 Å². The Bertz CT molecular complexity index is 893. The van der Waals surface area contributed by atoms with Crippen molar-refractivity contribution in [2.24, 2.45) is 0 Å². The zero-order chi connectivity index (χ0) is 18.4. The topological polar surface area (TPSA) is 110 Å². The fraction of sp³-hybridized carbons (Fsp3) is 0.250. The molecule has 0 spiro atoms. The highest BCUT2D eigenvalue weighted by molar-refractivity contribution is 7.15. The van der Waals surface area contributed by atoms with Gasteiger partial charge in [-0.2, -0.15) is 0 Å². The van der Waals surface area contributed by atoms with Crippen LogP contribution in [0.4, 0.5) is 10.3 Å². The maximum absolute atomic E-state index is 11.9. The maximum Gasteiger partial charge on any atom is 0.315 e. The third-order valence-electron chi connectivity index (χ3n) is 3.34. The lowest BCUT2D eigenvalue weighted by molar-refractivity contribution is -0.133. The fourth-order valence-corrected chi connectivity index (χ4v) is 3.51. The Morgan fingerprint density at radius 1 is 0.885 bits per heavy atom. The lowest BCUT2D eigenvalue weighted by atomic mass is 10.1. The van der Waals surface area contributed by atoms with Crippen LogP contribution in [0.25, 0.3) is 0 Å². The van der Waals surface area contributed by atoms with Gasteiger partial charge in [0.25, 0.3) is 0 Å². The summed E-state index contributed by atoms with van der Waals surface area (Å²) in [6.45, 7) is 1.76. The van der Waals surface area contributed by atoms with Gasteiger partial charge in [-0.05, 0) is 25.3 Å². The van der Waals surface area contributed by atoms with Crippen molar-refractivity contribution in [3.05, 3.63) is 45.9 Å². The molecule has 0 aliphatic rings. The Kier molecular flexibility index (Phi) is 5.97. The van der Waals surface area contributed by atoms with E-state index in [1.807, 2.05) is 18.2 Å². The van der Waals surface area contributed by atoms with Crippen molar-refractivity contribution in [2.75, 3.05) is 10.6 Å². The molecular weight excluding hydrogens is 372 g/mol. The summed E-state index contributed by atoms with van der Waals surface area (Å²) in [5, 5.41) is 22.4. The molecule has 2 aromatic heterocycles. The molecule has 2 heterocycles. The summed E-state index contributed by atoms with van der Waals surface area (Å²) < 4.78 is 0. The molecule has 0 aliphatic carbocycles. The summed E-state index contributed by atoms with van der Waals surface area (Å²) in [6, 6.07) is 10.2. The SMILES string of the molecule is Cc1nnc(NC(=O)C(=O)Nc2nnc(CCCc3ccccc3)s2)s1. The minimum atomic E-state index is -0.818. The first-order valence-electron chi connectivity index (χ1n) is 7.89. The molecule has 2 N–H and O–H groups in total. The molecule has 3 aromatic rings. The summed E-state index contributed by atoms with van der Waals surface area (Å²) in [5.41, 5.74) is 1.27. The highest BCUT2D eigenvalue weighted by Gasteiger charge is 2.17. The van der Waals surface area contributed by atoms with Crippen LogP contribution in [0.15, 0.2) is 30.3 Å². The molecule has 10 heteroatoms. The second-order valence-corrected chi connectivity index (χ2v) is 7.62. The summed E-state index contributed by atoms with van der Waals surface area (Å²) in [4.78, 5) is 23.7. The molecule has 0 atom stereocenters. The maximum atomic E-state index is 11.9. The standard InChI is InChI=1S/C16H16N6O2S2/c1-10-19-21-15(25-10)17-13(23)14(24)18-16-22-20-12(26-16)9-5-8-11-6-3-2-4-7-11/h2-4,6-7H,5,8-9H2,1H3,(H,17,21,23)(H,18,22,24). The van der Waals surface area contributed by atoms with Crippen molar-refractivity contribution >= 4 is 44.8 Å². The number of aryl methyl sites for hydroxylation is 3. The number of carbonyl (C=O) groups is 2. The fourth-order valence-electron chi connectivity index (χ4n) is 2.15. The van der Waals surface area contributed by atoms with Crippen LogP contribution >= 0.6 is 22.7 Å². The smallest absolute Gasteiger partial charge is 0.292 e. The Morgan fingerprint density at radius 2 is 1.54 bits per heavy atom. The summed E-state index contributed by atoms with van der Waals surface area (Å²) in [6.07, 6.45) is 2.65. The van der Waals surface area contributed by atoms with Crippen LogP contribution in [-0.4, -0.2) is 32.2 Å². The largest absolute Gasteiger partial charge is 0.315 e. The molecule has 2 amide bonds. The average Bonchev–Trinajstić information content (AvgIpc) is 3.24. The number of rotatable bonds is 6. The molecule has 8 nitrogen and oxygen atoms in total. The number of carbonyl (C=O) groups excluding carboxylic acids is 2. The number of aromatic nitrogens is 4. The zero-order valence-electron chi connectivity index (χ0n) is 13.9. The Hall–Kier alpha value is -2.72. The minimum absolute atomic E-state index is 0.279. The van der Waals surface area contributed by atoms with E-state index >= 15 is 0 Å². The van der Waals surface area contributed by atoms with Crippen LogP contribution in [0.3, 0.4) is 0 Å². The molecule has 0 aliphatic heterocycles. The van der Waals surface area contributed by atoms with E-state index in [9.17, 15) is 9.59 Å². The van der Waals surface area contributed by atoms with Crippen LogP contribution in [0, 0.1) is 6.92 Å². The Labute approximate surface area is 157 Å². The highest BCUT2D eigenvalue weighted by Crippen LogP contribution is 2.18. The highest BCUT2D eigenvalue weighted by atomic mass is 32.1. The van der Waals surface area contributed by atoms with E-state index in [-0.39, 0.29) is 5.13 Å². The molecule has 0 radical (unpaired) electrons. The van der Waals surface area contributed by atoms with Gasteiger partial charge >= 0.3 is 11.8 Å². The van der Waals surface area contributed by atoms with Gasteiger partial charge in [0, 0.05) is 6.42 Å². The molecule has 0 saturated carbocycles. The summed E-state index contributed by atoms with van der Waals surface area (Å²) >= 11 is 2.46. The van der Waals surface area contributed by atoms with Gasteiger partial charge in [0.05, 0.1) is 0 Å². The Balaban J connectivity index is 1.46. The molecule has 26 heavy (non-hydrogen) atoms. The molecule has 134 valence electrons. The summed E-state index contributed by atoms with van der Waals surface area (Å²) in [7, 11) is 0. The minimum Gasteiger partial charge on any atom is -0.292 e. The predicted molar refractivity (Wildman–Crippen MR) is 100 cm³/mol. The van der Waals surface area contributed by atoms with Gasteiger partial charge in [-0.1, -0.05) is 53.0 Å². The van der Waals surface area contributed by atoms with Crippen LogP contribution in [0.5, 0.6) is 0 Å². The van der Waals surface area contributed by atoms with Crippen LogP contribution in [0.1, 0.15) is 22.0 Å². The third-order valence-corrected chi connectivity index (χ3v) is 4.99. The Morgan fingerprint density at radius 3 is 2.19 bits per heavy atom. The van der Waals surface area contributed by atoms with Gasteiger partial charge in [0.2, 0.25) is 10.3 Å². The number of nitrogens with one attached hydrogen (secondary N) is 2. The first-order chi connectivity index (χ1) is 12.6. The first kappa shape index (κ1) is 18.1. The lowest BCUT2D eigenvalue weighted by Gasteiger charge is -2.00. The van der Waals surface area contributed by atoms with Gasteiger partial charge in [-0.15, -0.1) is 20.4 Å². The number of nitrogens with zero attached hydrogens (tertiary/aromatic N) is 4. The number of amides is 2. The second kappa shape index (κ2) is 8.59. The van der Waals surface area contributed by atoms with Crippen molar-refractivity contribution in [3.8, 4) is 0 Å². The molecule has 0 unspecified atom stereocenters. The van der Waals surface area contributed by atoms with Gasteiger partial charge in [-0.25, -0.2) is 0 Å². The number of benzene rings is 1. The second-order valence-electron chi connectivity index (χ2n) is 5.37. The molecule has 0 fully saturated rings. The van der Waals surface area contributed by atoms with Gasteiger partial charge in [0.15, 0.2) is 0 Å². The van der Waals surface area contributed by atoms with Crippen molar-refractivity contribution in [2.45, 2.75) is 26.2 Å². The third kappa shape index (κ3) is 5.14. The van der Waals surface area contributed by atoms with E-state index in [2.05, 4.69) is 43.2 Å². The van der Waals surface area contributed by atoms with E-state index in [4.69, 9.17) is 0 Å². The number of hydrogen-bond donors (Lipinski definition) is 2. The van der Waals surface area contributed by atoms with E-state index in [0.717, 1.165) is 24.3 Å². The quantitative estimate of drug-likeness (QED) is 0.628. The van der Waals surface area contributed by atoms with Crippen LogP contribution < -0.4 is 10.6 Å². The first-order valence-corrected chi connectivity index (χ1v) is 9.52. The van der Waals surface area contributed by atoms with Crippen LogP contribution in [0.2, 0.25) is 0 Å². The van der Waals surface area contributed by atoms with E-state index in [1.54, 1.807) is 6.92 Å². The molecule has 3 rings (SSSR count). The normalized spacial score (nSPS) is 10.5. The van der Waals surface area contributed by atoms with Crippen molar-refractivity contribution in [1.29, 1.82) is 0 Å². The molecular formula is C16H16N6O2S2. The van der Waals surface area contributed by atoms with E-state index in [1.165, 1.54) is 28.2 Å². The van der Waals surface area contributed by atoms with Crippen LogP contribution in [-0.2, 0) is 22.4 Å². The zero-order valence-corrected chi connectivity index (χ0v) is 15.6. The molecule has 0 saturated heterocycles.